The molecule has 2 aliphatic heterocycles. The molecule has 0 amide bonds. The fourth-order valence-corrected chi connectivity index (χ4v) is 2.67. The Morgan fingerprint density at radius 2 is 2.15 bits per heavy atom. The minimum atomic E-state index is -0.977. The van der Waals surface area contributed by atoms with Crippen molar-refractivity contribution in [3.05, 3.63) is 0 Å². The van der Waals surface area contributed by atoms with Crippen LogP contribution in [0.15, 0.2) is 0 Å². The van der Waals surface area contributed by atoms with Gasteiger partial charge < -0.3 is 10.8 Å². The van der Waals surface area contributed by atoms with Crippen LogP contribution in [0.25, 0.3) is 0 Å². The molecule has 2 fully saturated rings. The molecule has 0 aromatic heterocycles. The molecule has 3 N–H and O–H groups in total. The number of hydrogen-bond acceptors (Lipinski definition) is 3. The number of rotatable bonds is 1. The third kappa shape index (κ3) is 1.25. The zero-order valence-electron chi connectivity index (χ0n) is 7.70. The molecule has 0 spiro atoms. The van der Waals surface area contributed by atoms with Gasteiger partial charge in [0.2, 0.25) is 0 Å². The van der Waals surface area contributed by atoms with Crippen LogP contribution in [0.1, 0.15) is 25.7 Å². The highest BCUT2D eigenvalue weighted by Gasteiger charge is 2.48. The fraction of sp³-hybridized carbons (Fsp3) is 0.889. The SMILES string of the molecule is N[C@@]1(C(=O)O)CCCN2CCC[C@@H]21. The molecule has 0 unspecified atom stereocenters. The highest BCUT2D eigenvalue weighted by molar-refractivity contribution is 5.79. The topological polar surface area (TPSA) is 66.6 Å². The molecule has 0 aromatic carbocycles. The van der Waals surface area contributed by atoms with Gasteiger partial charge in [-0.2, -0.15) is 0 Å². The van der Waals surface area contributed by atoms with Crippen LogP contribution in [0.2, 0.25) is 0 Å². The molecule has 13 heavy (non-hydrogen) atoms. The van der Waals surface area contributed by atoms with E-state index >= 15 is 0 Å². The zero-order chi connectivity index (χ0) is 9.47. The lowest BCUT2D eigenvalue weighted by molar-refractivity contribution is -0.147. The van der Waals surface area contributed by atoms with Crippen molar-refractivity contribution in [2.75, 3.05) is 13.1 Å². The summed E-state index contributed by atoms with van der Waals surface area (Å²) in [5, 5.41) is 9.09. The second-order valence-corrected chi connectivity index (χ2v) is 4.14. The van der Waals surface area contributed by atoms with Crippen molar-refractivity contribution in [1.29, 1.82) is 0 Å². The Balaban J connectivity index is 2.22. The maximum Gasteiger partial charge on any atom is 0.325 e. The lowest BCUT2D eigenvalue weighted by Gasteiger charge is -2.41. The van der Waals surface area contributed by atoms with E-state index in [1.807, 2.05) is 0 Å². The van der Waals surface area contributed by atoms with Crippen molar-refractivity contribution in [1.82, 2.24) is 4.90 Å². The highest BCUT2D eigenvalue weighted by atomic mass is 16.4. The van der Waals surface area contributed by atoms with Crippen LogP contribution < -0.4 is 5.73 Å². The monoisotopic (exact) mass is 184 g/mol. The predicted molar refractivity (Wildman–Crippen MR) is 48.4 cm³/mol. The third-order valence-electron chi connectivity index (χ3n) is 3.39. The summed E-state index contributed by atoms with van der Waals surface area (Å²) in [7, 11) is 0. The summed E-state index contributed by atoms with van der Waals surface area (Å²) in [5.74, 6) is -0.830. The maximum atomic E-state index is 11.1. The Bertz CT molecular complexity index is 232. The highest BCUT2D eigenvalue weighted by Crippen LogP contribution is 2.33. The first kappa shape index (κ1) is 8.97. The number of hydrogen-bond donors (Lipinski definition) is 2. The van der Waals surface area contributed by atoms with E-state index in [9.17, 15) is 4.79 Å². The van der Waals surface area contributed by atoms with E-state index in [4.69, 9.17) is 10.8 Å². The standard InChI is InChI=1S/C9H16N2O2/c10-9(8(12)13)4-2-6-11-5-1-3-7(9)11/h7H,1-6,10H2,(H,12,13)/t7-,9+/m1/s1. The van der Waals surface area contributed by atoms with Gasteiger partial charge in [-0.25, -0.2) is 0 Å². The molecule has 74 valence electrons. The second kappa shape index (κ2) is 2.96. The van der Waals surface area contributed by atoms with Gasteiger partial charge in [0.15, 0.2) is 0 Å². The molecule has 0 aromatic rings. The number of carbonyl (C=O) groups is 1. The van der Waals surface area contributed by atoms with Gasteiger partial charge in [0, 0.05) is 6.04 Å². The van der Waals surface area contributed by atoms with Gasteiger partial charge in [-0.05, 0) is 38.8 Å². The van der Waals surface area contributed by atoms with E-state index in [2.05, 4.69) is 4.90 Å². The van der Waals surface area contributed by atoms with E-state index in [-0.39, 0.29) is 6.04 Å². The second-order valence-electron chi connectivity index (χ2n) is 4.14. The van der Waals surface area contributed by atoms with Crippen LogP contribution in [0.4, 0.5) is 0 Å². The average molecular weight is 184 g/mol. The summed E-state index contributed by atoms with van der Waals surface area (Å²) in [6.07, 6.45) is 3.59. The lowest BCUT2D eigenvalue weighted by Crippen LogP contribution is -2.64. The van der Waals surface area contributed by atoms with Gasteiger partial charge in [-0.15, -0.1) is 0 Å². The van der Waals surface area contributed by atoms with Crippen LogP contribution in [-0.2, 0) is 4.79 Å². The summed E-state index contributed by atoms with van der Waals surface area (Å²) < 4.78 is 0. The van der Waals surface area contributed by atoms with Crippen molar-refractivity contribution in [3.63, 3.8) is 0 Å². The van der Waals surface area contributed by atoms with Crippen molar-refractivity contribution in [3.8, 4) is 0 Å². The number of fused-ring (bicyclic) bond motifs is 1. The van der Waals surface area contributed by atoms with Crippen molar-refractivity contribution in [2.45, 2.75) is 37.3 Å². The molecule has 2 rings (SSSR count). The summed E-state index contributed by atoms with van der Waals surface area (Å²) in [6.45, 7) is 2.05. The number of nitrogens with two attached hydrogens (primary N) is 1. The normalized spacial score (nSPS) is 40.2. The first-order valence-electron chi connectivity index (χ1n) is 4.91. The molecule has 2 saturated heterocycles. The van der Waals surface area contributed by atoms with Gasteiger partial charge in [-0.1, -0.05) is 0 Å². The molecule has 4 heteroatoms. The molecule has 4 nitrogen and oxygen atoms in total. The lowest BCUT2D eigenvalue weighted by atomic mass is 9.82. The third-order valence-corrected chi connectivity index (χ3v) is 3.39. The Hall–Kier alpha value is -0.610. The zero-order valence-corrected chi connectivity index (χ0v) is 7.70. The van der Waals surface area contributed by atoms with E-state index in [0.29, 0.717) is 6.42 Å². The largest absolute Gasteiger partial charge is 0.480 e. The molecule has 0 bridgehead atoms. The van der Waals surface area contributed by atoms with E-state index in [1.165, 1.54) is 0 Å². The quantitative estimate of drug-likeness (QED) is 0.603. The molecule has 2 heterocycles. The molecular formula is C9H16N2O2. The molecule has 2 aliphatic rings. The van der Waals surface area contributed by atoms with Crippen LogP contribution in [0.5, 0.6) is 0 Å². The van der Waals surface area contributed by atoms with Crippen LogP contribution in [0.3, 0.4) is 0 Å². The van der Waals surface area contributed by atoms with E-state index in [0.717, 1.165) is 32.4 Å². The number of piperidine rings is 1. The minimum Gasteiger partial charge on any atom is -0.480 e. The Morgan fingerprint density at radius 3 is 2.85 bits per heavy atom. The van der Waals surface area contributed by atoms with Crippen molar-refractivity contribution < 1.29 is 9.90 Å². The molecule has 0 aliphatic carbocycles. The van der Waals surface area contributed by atoms with Gasteiger partial charge >= 0.3 is 5.97 Å². The molecule has 0 radical (unpaired) electrons. The maximum absolute atomic E-state index is 11.1. The number of carboxylic acid groups (broad SMARTS) is 1. The fourth-order valence-electron chi connectivity index (χ4n) is 2.67. The van der Waals surface area contributed by atoms with Crippen molar-refractivity contribution in [2.24, 2.45) is 5.73 Å². The number of nitrogens with zero attached hydrogens (tertiary/aromatic N) is 1. The smallest absolute Gasteiger partial charge is 0.325 e. The summed E-state index contributed by atoms with van der Waals surface area (Å²) in [6, 6.07) is 0.0822. The predicted octanol–water partition coefficient (Wildman–Crippen LogP) is 0.0267. The van der Waals surface area contributed by atoms with E-state index in [1.54, 1.807) is 0 Å². The van der Waals surface area contributed by atoms with Crippen molar-refractivity contribution >= 4 is 5.97 Å². The van der Waals surface area contributed by atoms with E-state index < -0.39 is 11.5 Å². The first-order valence-corrected chi connectivity index (χ1v) is 4.91. The Kier molecular flexibility index (Phi) is 2.04. The number of carboxylic acids is 1. The Labute approximate surface area is 77.7 Å². The molecule has 2 atom stereocenters. The van der Waals surface area contributed by atoms with Gasteiger partial charge in [0.05, 0.1) is 0 Å². The Morgan fingerprint density at radius 1 is 1.46 bits per heavy atom. The van der Waals surface area contributed by atoms with Crippen LogP contribution >= 0.6 is 0 Å². The first-order chi connectivity index (χ1) is 6.14. The summed E-state index contributed by atoms with van der Waals surface area (Å²) >= 11 is 0. The summed E-state index contributed by atoms with van der Waals surface area (Å²) in [4.78, 5) is 13.3. The average Bonchev–Trinajstić information content (AvgIpc) is 2.53. The minimum absolute atomic E-state index is 0.0822. The van der Waals surface area contributed by atoms with Crippen LogP contribution in [0, 0.1) is 0 Å². The number of aliphatic carboxylic acids is 1. The molecule has 0 saturated carbocycles. The van der Waals surface area contributed by atoms with Gasteiger partial charge in [0.25, 0.3) is 0 Å². The summed E-state index contributed by atoms with van der Waals surface area (Å²) in [5.41, 5.74) is 4.97. The van der Waals surface area contributed by atoms with Crippen LogP contribution in [-0.4, -0.2) is 40.6 Å². The van der Waals surface area contributed by atoms with Gasteiger partial charge in [0.1, 0.15) is 5.54 Å². The molecular weight excluding hydrogens is 168 g/mol. The van der Waals surface area contributed by atoms with Gasteiger partial charge in [-0.3, -0.25) is 9.69 Å².